The van der Waals surface area contributed by atoms with E-state index in [1.165, 1.54) is 0 Å². The molecule has 1 rings (SSSR count). The minimum absolute atomic E-state index is 0.872. The van der Waals surface area contributed by atoms with Crippen LogP contribution in [0.3, 0.4) is 0 Å². The van der Waals surface area contributed by atoms with Gasteiger partial charge in [-0.25, -0.2) is 0 Å². The van der Waals surface area contributed by atoms with E-state index >= 15 is 0 Å². The first kappa shape index (κ1) is 8.97. The molecule has 0 N–H and O–H groups in total. The summed E-state index contributed by atoms with van der Waals surface area (Å²) in [6, 6.07) is 0. The summed E-state index contributed by atoms with van der Waals surface area (Å²) in [5, 5.41) is 0. The van der Waals surface area contributed by atoms with Crippen LogP contribution >= 0.6 is 0 Å². The fourth-order valence-electron chi connectivity index (χ4n) is 1.15. The second-order valence-corrected chi connectivity index (χ2v) is 2.95. The molecule has 1 saturated heterocycles. The molecule has 1 radical (unpaired) electrons. The monoisotopic (exact) mass is 157 g/mol. The Labute approximate surface area is 68.9 Å². The highest BCUT2D eigenvalue weighted by molar-refractivity contribution is 4.61. The van der Waals surface area contributed by atoms with Crippen LogP contribution < -0.4 is 0 Å². The minimum Gasteiger partial charge on any atom is -0.379 e. The lowest BCUT2D eigenvalue weighted by molar-refractivity contribution is 0.0165. The van der Waals surface area contributed by atoms with E-state index in [2.05, 4.69) is 23.8 Å². The van der Waals surface area contributed by atoms with Crippen LogP contribution in [0, 0.1) is 6.92 Å². The molecule has 0 atom stereocenters. The van der Waals surface area contributed by atoms with Crippen molar-refractivity contribution < 1.29 is 4.74 Å². The van der Waals surface area contributed by atoms with Gasteiger partial charge >= 0.3 is 0 Å². The van der Waals surface area contributed by atoms with Gasteiger partial charge in [0.2, 0.25) is 0 Å². The van der Waals surface area contributed by atoms with Crippen molar-refractivity contribution in [1.82, 2.24) is 9.80 Å². The topological polar surface area (TPSA) is 15.7 Å². The van der Waals surface area contributed by atoms with Crippen molar-refractivity contribution in [3.63, 3.8) is 0 Å². The number of hydrogen-bond donors (Lipinski definition) is 0. The molecular formula is C8H17N2O. The van der Waals surface area contributed by atoms with Crippen molar-refractivity contribution in [2.75, 3.05) is 46.6 Å². The Hall–Kier alpha value is -0.120. The summed E-state index contributed by atoms with van der Waals surface area (Å²) in [4.78, 5) is 4.58. The van der Waals surface area contributed by atoms with Crippen molar-refractivity contribution in [1.29, 1.82) is 0 Å². The zero-order valence-electron chi connectivity index (χ0n) is 7.25. The van der Waals surface area contributed by atoms with Gasteiger partial charge in [-0.05, 0) is 20.5 Å². The van der Waals surface area contributed by atoms with Crippen LogP contribution in [-0.4, -0.2) is 56.4 Å². The fourth-order valence-corrected chi connectivity index (χ4v) is 1.15. The molecule has 1 aliphatic heterocycles. The van der Waals surface area contributed by atoms with E-state index < -0.39 is 0 Å². The summed E-state index contributed by atoms with van der Waals surface area (Å²) >= 11 is 0. The van der Waals surface area contributed by atoms with Gasteiger partial charge in [-0.1, -0.05) is 0 Å². The third-order valence-electron chi connectivity index (χ3n) is 1.93. The third-order valence-corrected chi connectivity index (χ3v) is 1.93. The molecule has 3 heteroatoms. The molecule has 0 unspecified atom stereocenters. The highest BCUT2D eigenvalue weighted by atomic mass is 16.5. The zero-order valence-corrected chi connectivity index (χ0v) is 7.25. The lowest BCUT2D eigenvalue weighted by Gasteiger charge is -2.30. The zero-order chi connectivity index (χ0) is 8.10. The van der Waals surface area contributed by atoms with Gasteiger partial charge in [-0.3, -0.25) is 9.80 Å². The van der Waals surface area contributed by atoms with Crippen LogP contribution in [0.25, 0.3) is 0 Å². The first-order valence-electron chi connectivity index (χ1n) is 4.11. The molecule has 3 nitrogen and oxygen atoms in total. The maximum Gasteiger partial charge on any atom is 0.0594 e. The summed E-state index contributed by atoms with van der Waals surface area (Å²) in [5.41, 5.74) is 0. The normalized spacial score (nSPS) is 21.0. The van der Waals surface area contributed by atoms with Crippen LogP contribution in [0.15, 0.2) is 0 Å². The van der Waals surface area contributed by atoms with Crippen molar-refractivity contribution in [2.45, 2.75) is 0 Å². The average molecular weight is 157 g/mol. The average Bonchev–Trinajstić information content (AvgIpc) is 2.06. The quantitative estimate of drug-likeness (QED) is 0.575. The SMILES string of the molecule is [CH2]CN(C)CN1CCOCC1. The molecule has 0 aromatic carbocycles. The Morgan fingerprint density at radius 2 is 2.09 bits per heavy atom. The smallest absolute Gasteiger partial charge is 0.0594 e. The third kappa shape index (κ3) is 3.18. The van der Waals surface area contributed by atoms with Gasteiger partial charge in [0.25, 0.3) is 0 Å². The number of nitrogens with zero attached hydrogens (tertiary/aromatic N) is 2. The highest BCUT2D eigenvalue weighted by Gasteiger charge is 2.10. The Kier molecular flexibility index (Phi) is 3.83. The molecule has 0 spiro atoms. The maximum atomic E-state index is 5.24. The summed E-state index contributed by atoms with van der Waals surface area (Å²) < 4.78 is 5.24. The number of ether oxygens (including phenoxy) is 1. The second kappa shape index (κ2) is 4.70. The number of hydrogen-bond acceptors (Lipinski definition) is 3. The van der Waals surface area contributed by atoms with Gasteiger partial charge in [0.15, 0.2) is 0 Å². The van der Waals surface area contributed by atoms with Crippen LogP contribution in [0.1, 0.15) is 0 Å². The predicted octanol–water partition coefficient (Wildman–Crippen LogP) is 0.0420. The van der Waals surface area contributed by atoms with Gasteiger partial charge in [-0.15, -0.1) is 0 Å². The van der Waals surface area contributed by atoms with E-state index in [9.17, 15) is 0 Å². The molecule has 11 heavy (non-hydrogen) atoms. The van der Waals surface area contributed by atoms with Crippen molar-refractivity contribution in [3.05, 3.63) is 6.92 Å². The molecule has 0 aromatic rings. The Bertz CT molecular complexity index is 102. The van der Waals surface area contributed by atoms with E-state index in [1.54, 1.807) is 0 Å². The molecule has 0 amide bonds. The maximum absolute atomic E-state index is 5.24. The Morgan fingerprint density at radius 1 is 1.45 bits per heavy atom. The molecule has 0 aromatic heterocycles. The van der Waals surface area contributed by atoms with Crippen LogP contribution in [0.5, 0.6) is 0 Å². The summed E-state index contributed by atoms with van der Waals surface area (Å²) in [6.45, 7) is 9.59. The molecule has 1 fully saturated rings. The van der Waals surface area contributed by atoms with E-state index in [4.69, 9.17) is 4.74 Å². The lowest BCUT2D eigenvalue weighted by atomic mass is 10.4. The molecule has 0 saturated carbocycles. The first-order chi connectivity index (χ1) is 5.33. The first-order valence-corrected chi connectivity index (χ1v) is 4.11. The van der Waals surface area contributed by atoms with Gasteiger partial charge in [-0.2, -0.15) is 0 Å². The fraction of sp³-hybridized carbons (Fsp3) is 0.875. The molecule has 1 aliphatic rings. The van der Waals surface area contributed by atoms with Gasteiger partial charge in [0, 0.05) is 13.1 Å². The van der Waals surface area contributed by atoms with Crippen molar-refractivity contribution >= 4 is 0 Å². The van der Waals surface area contributed by atoms with Crippen LogP contribution in [-0.2, 0) is 4.74 Å². The molecule has 65 valence electrons. The summed E-state index contributed by atoms with van der Waals surface area (Å²) in [6.07, 6.45) is 0. The van der Waals surface area contributed by atoms with E-state index in [1.807, 2.05) is 0 Å². The van der Waals surface area contributed by atoms with Crippen molar-refractivity contribution in [3.8, 4) is 0 Å². The predicted molar refractivity (Wildman–Crippen MR) is 45.2 cm³/mol. The highest BCUT2D eigenvalue weighted by Crippen LogP contribution is 1.97. The van der Waals surface area contributed by atoms with Crippen LogP contribution in [0.2, 0.25) is 0 Å². The Balaban J connectivity index is 2.13. The molecule has 0 bridgehead atoms. The van der Waals surface area contributed by atoms with E-state index in [0.29, 0.717) is 0 Å². The minimum atomic E-state index is 0.872. The van der Waals surface area contributed by atoms with E-state index in [-0.39, 0.29) is 0 Å². The molecule has 0 aliphatic carbocycles. The lowest BCUT2D eigenvalue weighted by Crippen LogP contribution is -2.42. The summed E-state index contributed by atoms with van der Waals surface area (Å²) in [5.74, 6) is 0. The van der Waals surface area contributed by atoms with Crippen LogP contribution in [0.4, 0.5) is 0 Å². The second-order valence-electron chi connectivity index (χ2n) is 2.95. The van der Waals surface area contributed by atoms with Gasteiger partial charge in [0.1, 0.15) is 0 Å². The number of morpholine rings is 1. The Morgan fingerprint density at radius 3 is 2.64 bits per heavy atom. The van der Waals surface area contributed by atoms with E-state index in [0.717, 1.165) is 39.5 Å². The largest absolute Gasteiger partial charge is 0.379 e. The number of rotatable bonds is 3. The standard InChI is InChI=1S/C8H17N2O/c1-3-9(2)8-10-4-6-11-7-5-10/h1,3-8H2,2H3. The van der Waals surface area contributed by atoms with Gasteiger partial charge in [0.05, 0.1) is 19.9 Å². The van der Waals surface area contributed by atoms with Gasteiger partial charge < -0.3 is 4.74 Å². The molecular weight excluding hydrogens is 140 g/mol. The van der Waals surface area contributed by atoms with Crippen molar-refractivity contribution in [2.24, 2.45) is 0 Å². The summed E-state index contributed by atoms with van der Waals surface area (Å²) in [7, 11) is 2.09. The molecule has 1 heterocycles.